The Kier molecular flexibility index (Phi) is 6.25. The molecule has 5 nitrogen and oxygen atoms in total. The number of nitrogens with zero attached hydrogens (tertiary/aromatic N) is 1. The largest absolute Gasteiger partial charge is 0.493 e. The van der Waals surface area contributed by atoms with E-state index in [-0.39, 0.29) is 0 Å². The molecule has 0 aromatic heterocycles. The Bertz CT molecular complexity index is 766. The molecule has 0 amide bonds. The van der Waals surface area contributed by atoms with Gasteiger partial charge >= 0.3 is 0 Å². The third-order valence-electron chi connectivity index (χ3n) is 4.39. The van der Waals surface area contributed by atoms with Gasteiger partial charge in [-0.05, 0) is 25.1 Å². The number of methoxy groups -OCH3 is 2. The van der Waals surface area contributed by atoms with Crippen LogP contribution < -0.4 is 14.2 Å². The highest BCUT2D eigenvalue weighted by Gasteiger charge is 2.22. The van der Waals surface area contributed by atoms with Crippen molar-refractivity contribution < 1.29 is 18.9 Å². The highest BCUT2D eigenvalue weighted by atomic mass is 35.5. The summed E-state index contributed by atoms with van der Waals surface area (Å²) in [5, 5.41) is 0.702. The van der Waals surface area contributed by atoms with Crippen molar-refractivity contribution in [2.45, 2.75) is 20.0 Å². The predicted octanol–water partition coefficient (Wildman–Crippen LogP) is 4.50. The van der Waals surface area contributed by atoms with Crippen molar-refractivity contribution in [1.29, 1.82) is 0 Å². The Labute approximate surface area is 159 Å². The smallest absolute Gasteiger partial charge is 0.164 e. The Hall–Kier alpha value is -1.95. The predicted molar refractivity (Wildman–Crippen MR) is 102 cm³/mol. The Morgan fingerprint density at radius 3 is 2.58 bits per heavy atom. The lowest BCUT2D eigenvalue weighted by molar-refractivity contribution is 0.106. The molecular formula is C20H24ClNO4. The van der Waals surface area contributed by atoms with Crippen molar-refractivity contribution in [2.75, 3.05) is 34.0 Å². The molecule has 140 valence electrons. The summed E-state index contributed by atoms with van der Waals surface area (Å²) in [5.41, 5.74) is 2.01. The van der Waals surface area contributed by atoms with Crippen LogP contribution in [0.2, 0.25) is 5.02 Å². The molecule has 0 aliphatic carbocycles. The molecule has 0 atom stereocenters. The van der Waals surface area contributed by atoms with E-state index in [1.54, 1.807) is 14.2 Å². The molecule has 1 heterocycles. The normalized spacial score (nSPS) is 13.8. The standard InChI is InChI=1S/C20H24ClNO4/c1-4-25-9-8-22-12-14-10-19(23-2)20(24-3)11-18(14)26-17-7-5-6-16(21)15(17)13-22/h5-7,10-11H,4,8-9,12-13H2,1-3H3. The zero-order valence-corrected chi connectivity index (χ0v) is 16.1. The van der Waals surface area contributed by atoms with Gasteiger partial charge in [-0.25, -0.2) is 0 Å². The van der Waals surface area contributed by atoms with E-state index in [4.69, 9.17) is 30.5 Å². The van der Waals surface area contributed by atoms with Crippen molar-refractivity contribution in [1.82, 2.24) is 4.90 Å². The second kappa shape index (κ2) is 8.62. The van der Waals surface area contributed by atoms with Gasteiger partial charge in [0.2, 0.25) is 0 Å². The van der Waals surface area contributed by atoms with E-state index >= 15 is 0 Å². The van der Waals surface area contributed by atoms with E-state index in [0.717, 1.165) is 29.2 Å². The average molecular weight is 378 g/mol. The van der Waals surface area contributed by atoms with Crippen molar-refractivity contribution >= 4 is 11.6 Å². The minimum absolute atomic E-state index is 0.635. The molecule has 0 saturated heterocycles. The third kappa shape index (κ3) is 4.06. The van der Waals surface area contributed by atoms with Crippen LogP contribution in [0.25, 0.3) is 0 Å². The molecule has 2 aromatic carbocycles. The van der Waals surface area contributed by atoms with Crippen LogP contribution in [-0.2, 0) is 17.8 Å². The Morgan fingerprint density at radius 1 is 1.08 bits per heavy atom. The fourth-order valence-corrected chi connectivity index (χ4v) is 3.27. The summed E-state index contributed by atoms with van der Waals surface area (Å²) >= 11 is 6.45. The van der Waals surface area contributed by atoms with E-state index in [2.05, 4.69) is 4.90 Å². The second-order valence-electron chi connectivity index (χ2n) is 6.04. The lowest BCUT2D eigenvalue weighted by atomic mass is 10.1. The zero-order chi connectivity index (χ0) is 18.5. The second-order valence-corrected chi connectivity index (χ2v) is 6.45. The first-order valence-corrected chi connectivity index (χ1v) is 9.04. The summed E-state index contributed by atoms with van der Waals surface area (Å²) in [7, 11) is 3.25. The Balaban J connectivity index is 2.02. The molecule has 26 heavy (non-hydrogen) atoms. The molecule has 6 heteroatoms. The first-order chi connectivity index (χ1) is 12.7. The number of hydrogen-bond acceptors (Lipinski definition) is 5. The summed E-state index contributed by atoms with van der Waals surface area (Å²) < 4.78 is 22.6. The fourth-order valence-electron chi connectivity index (χ4n) is 3.04. The number of fused-ring (bicyclic) bond motifs is 2. The number of rotatable bonds is 6. The van der Waals surface area contributed by atoms with E-state index in [9.17, 15) is 0 Å². The van der Waals surface area contributed by atoms with E-state index < -0.39 is 0 Å². The van der Waals surface area contributed by atoms with Crippen molar-refractivity contribution in [2.24, 2.45) is 0 Å². The summed E-state index contributed by atoms with van der Waals surface area (Å²) in [6.07, 6.45) is 0. The van der Waals surface area contributed by atoms with Gasteiger partial charge in [0.05, 0.1) is 20.8 Å². The molecule has 1 aliphatic heterocycles. The SMILES string of the molecule is CCOCCN1Cc2cc(OC)c(OC)cc2Oc2cccc(Cl)c2C1. The molecule has 0 fully saturated rings. The van der Waals surface area contributed by atoms with Crippen LogP contribution in [0.3, 0.4) is 0 Å². The van der Waals surface area contributed by atoms with E-state index in [0.29, 0.717) is 42.8 Å². The maximum absolute atomic E-state index is 6.45. The van der Waals surface area contributed by atoms with Crippen LogP contribution in [0.5, 0.6) is 23.0 Å². The van der Waals surface area contributed by atoms with Crippen LogP contribution in [0.15, 0.2) is 30.3 Å². The minimum atomic E-state index is 0.635. The molecule has 0 unspecified atom stereocenters. The fraction of sp³-hybridized carbons (Fsp3) is 0.400. The van der Waals surface area contributed by atoms with Gasteiger partial charge < -0.3 is 18.9 Å². The van der Waals surface area contributed by atoms with Crippen molar-refractivity contribution in [3.05, 3.63) is 46.5 Å². The highest BCUT2D eigenvalue weighted by molar-refractivity contribution is 6.31. The van der Waals surface area contributed by atoms with Gasteiger partial charge in [0, 0.05) is 48.5 Å². The molecule has 1 aliphatic rings. The van der Waals surface area contributed by atoms with Gasteiger partial charge in [0.1, 0.15) is 11.5 Å². The van der Waals surface area contributed by atoms with Crippen LogP contribution in [0, 0.1) is 0 Å². The van der Waals surface area contributed by atoms with Gasteiger partial charge in [-0.1, -0.05) is 17.7 Å². The molecule has 0 spiro atoms. The monoisotopic (exact) mass is 377 g/mol. The van der Waals surface area contributed by atoms with Gasteiger partial charge in [-0.15, -0.1) is 0 Å². The van der Waals surface area contributed by atoms with Gasteiger partial charge in [0.25, 0.3) is 0 Å². The van der Waals surface area contributed by atoms with Crippen LogP contribution in [0.1, 0.15) is 18.1 Å². The topological polar surface area (TPSA) is 40.2 Å². The van der Waals surface area contributed by atoms with Gasteiger partial charge in [0.15, 0.2) is 11.5 Å². The maximum atomic E-state index is 6.45. The number of ether oxygens (including phenoxy) is 4. The van der Waals surface area contributed by atoms with E-state index in [1.165, 1.54) is 0 Å². The molecule has 0 bridgehead atoms. The molecule has 0 N–H and O–H groups in total. The quantitative estimate of drug-likeness (QED) is 0.693. The number of hydrogen-bond donors (Lipinski definition) is 0. The average Bonchev–Trinajstić information content (AvgIpc) is 2.63. The number of benzene rings is 2. The van der Waals surface area contributed by atoms with Crippen LogP contribution in [-0.4, -0.2) is 38.9 Å². The summed E-state index contributed by atoms with van der Waals surface area (Å²) in [5.74, 6) is 2.82. The summed E-state index contributed by atoms with van der Waals surface area (Å²) in [4.78, 5) is 2.30. The molecular weight excluding hydrogens is 354 g/mol. The molecule has 3 rings (SSSR count). The minimum Gasteiger partial charge on any atom is -0.493 e. The lowest BCUT2D eigenvalue weighted by Gasteiger charge is -2.28. The first-order valence-electron chi connectivity index (χ1n) is 8.66. The maximum Gasteiger partial charge on any atom is 0.164 e. The van der Waals surface area contributed by atoms with Crippen molar-refractivity contribution in [3.8, 4) is 23.0 Å². The Morgan fingerprint density at radius 2 is 1.85 bits per heavy atom. The molecule has 0 saturated carbocycles. The molecule has 0 radical (unpaired) electrons. The van der Waals surface area contributed by atoms with Gasteiger partial charge in [-0.2, -0.15) is 0 Å². The van der Waals surface area contributed by atoms with E-state index in [1.807, 2.05) is 37.3 Å². The lowest BCUT2D eigenvalue weighted by Crippen LogP contribution is -2.28. The van der Waals surface area contributed by atoms with Crippen LogP contribution in [0.4, 0.5) is 0 Å². The summed E-state index contributed by atoms with van der Waals surface area (Å²) in [6.45, 7) is 5.56. The van der Waals surface area contributed by atoms with Crippen molar-refractivity contribution in [3.63, 3.8) is 0 Å². The highest BCUT2D eigenvalue weighted by Crippen LogP contribution is 2.41. The van der Waals surface area contributed by atoms with Gasteiger partial charge in [-0.3, -0.25) is 4.90 Å². The zero-order valence-electron chi connectivity index (χ0n) is 15.4. The first kappa shape index (κ1) is 18.8. The molecule has 2 aromatic rings. The van der Waals surface area contributed by atoms with Crippen LogP contribution >= 0.6 is 11.6 Å². The third-order valence-corrected chi connectivity index (χ3v) is 4.75. The summed E-state index contributed by atoms with van der Waals surface area (Å²) in [6, 6.07) is 9.56. The number of halogens is 1.